The molecule has 1 aromatic carbocycles. The van der Waals surface area contributed by atoms with Gasteiger partial charge in [0, 0.05) is 7.11 Å². The first-order chi connectivity index (χ1) is 8.48. The fourth-order valence-corrected chi connectivity index (χ4v) is 2.30. The molecule has 0 aliphatic heterocycles. The molecule has 5 heteroatoms. The monoisotopic (exact) mass is 286 g/mol. The van der Waals surface area contributed by atoms with Gasteiger partial charge in [-0.05, 0) is 26.0 Å². The minimum absolute atomic E-state index is 0.281. The highest BCUT2D eigenvalue weighted by molar-refractivity contribution is 6.35. The summed E-state index contributed by atoms with van der Waals surface area (Å²) in [4.78, 5) is 4.49. The number of nitrogens with zero attached hydrogens (tertiary/aromatic N) is 2. The van der Waals surface area contributed by atoms with Crippen molar-refractivity contribution >= 4 is 34.2 Å². The van der Waals surface area contributed by atoms with E-state index >= 15 is 0 Å². The van der Waals surface area contributed by atoms with Crippen molar-refractivity contribution in [1.29, 1.82) is 0 Å². The Balaban J connectivity index is 2.57. The van der Waals surface area contributed by atoms with E-state index in [2.05, 4.69) is 9.55 Å². The standard InChI is InChI=1S/C13H16Cl2N2O/c1-13(2,18-3)8-17-10-6-4-5-9(15)12(10)16-11(17)7-14/h4-6H,7-8H2,1-3H3. The lowest BCUT2D eigenvalue weighted by atomic mass is 10.1. The van der Waals surface area contributed by atoms with Crippen LogP contribution in [-0.4, -0.2) is 22.3 Å². The molecule has 1 aromatic heterocycles. The summed E-state index contributed by atoms with van der Waals surface area (Å²) in [5.74, 6) is 1.16. The SMILES string of the molecule is COC(C)(C)Cn1c(CCl)nc2c(Cl)cccc21. The minimum atomic E-state index is -0.281. The van der Waals surface area contributed by atoms with E-state index in [0.29, 0.717) is 17.4 Å². The first-order valence-corrected chi connectivity index (χ1v) is 6.64. The first kappa shape index (κ1) is 13.7. The molecule has 0 unspecified atom stereocenters. The Morgan fingerprint density at radius 2 is 2.11 bits per heavy atom. The average molecular weight is 287 g/mol. The van der Waals surface area contributed by atoms with E-state index in [1.807, 2.05) is 32.0 Å². The summed E-state index contributed by atoms with van der Waals surface area (Å²) in [5, 5.41) is 0.646. The molecule has 0 bridgehead atoms. The molecule has 0 fully saturated rings. The fraction of sp³-hybridized carbons (Fsp3) is 0.462. The second-order valence-corrected chi connectivity index (χ2v) is 5.49. The van der Waals surface area contributed by atoms with Gasteiger partial charge in [-0.3, -0.25) is 0 Å². The Morgan fingerprint density at radius 3 is 2.72 bits per heavy atom. The smallest absolute Gasteiger partial charge is 0.125 e. The number of rotatable bonds is 4. The van der Waals surface area contributed by atoms with Crippen LogP contribution in [-0.2, 0) is 17.2 Å². The van der Waals surface area contributed by atoms with E-state index < -0.39 is 0 Å². The van der Waals surface area contributed by atoms with Crippen molar-refractivity contribution in [1.82, 2.24) is 9.55 Å². The van der Waals surface area contributed by atoms with Crippen LogP contribution in [0.1, 0.15) is 19.7 Å². The summed E-state index contributed by atoms with van der Waals surface area (Å²) in [5.41, 5.74) is 1.50. The molecule has 0 saturated carbocycles. The van der Waals surface area contributed by atoms with Crippen LogP contribution >= 0.6 is 23.2 Å². The van der Waals surface area contributed by atoms with Crippen molar-refractivity contribution in [3.05, 3.63) is 29.0 Å². The zero-order valence-corrected chi connectivity index (χ0v) is 12.2. The van der Waals surface area contributed by atoms with Gasteiger partial charge in [0.1, 0.15) is 11.3 Å². The number of para-hydroxylation sites is 1. The Kier molecular flexibility index (Phi) is 3.85. The number of aromatic nitrogens is 2. The molecule has 0 N–H and O–H groups in total. The number of ether oxygens (including phenoxy) is 1. The number of alkyl halides is 1. The normalized spacial score (nSPS) is 12.3. The maximum absolute atomic E-state index is 6.15. The van der Waals surface area contributed by atoms with Crippen molar-refractivity contribution in [3.8, 4) is 0 Å². The molecule has 3 nitrogen and oxygen atoms in total. The molecule has 0 atom stereocenters. The van der Waals surface area contributed by atoms with Gasteiger partial charge in [-0.2, -0.15) is 0 Å². The second kappa shape index (κ2) is 5.08. The largest absolute Gasteiger partial charge is 0.377 e. The minimum Gasteiger partial charge on any atom is -0.377 e. The quantitative estimate of drug-likeness (QED) is 0.798. The van der Waals surface area contributed by atoms with Crippen LogP contribution in [0.4, 0.5) is 0 Å². The van der Waals surface area contributed by atoms with Gasteiger partial charge in [0.2, 0.25) is 0 Å². The molecule has 0 saturated heterocycles. The predicted molar refractivity (Wildman–Crippen MR) is 75.4 cm³/mol. The summed E-state index contributed by atoms with van der Waals surface area (Å²) in [6.07, 6.45) is 0. The Morgan fingerprint density at radius 1 is 1.39 bits per heavy atom. The lowest BCUT2D eigenvalue weighted by molar-refractivity contribution is 0.00854. The van der Waals surface area contributed by atoms with Gasteiger partial charge in [-0.15, -0.1) is 11.6 Å². The summed E-state index contributed by atoms with van der Waals surface area (Å²) >= 11 is 12.1. The van der Waals surface area contributed by atoms with Crippen molar-refractivity contribution in [2.75, 3.05) is 7.11 Å². The number of imidazole rings is 1. The van der Waals surface area contributed by atoms with Crippen molar-refractivity contribution in [2.24, 2.45) is 0 Å². The third-order valence-electron chi connectivity index (χ3n) is 3.02. The molecule has 2 aromatic rings. The molecule has 1 heterocycles. The van der Waals surface area contributed by atoms with E-state index in [-0.39, 0.29) is 5.60 Å². The predicted octanol–water partition coefficient (Wildman–Crippen LogP) is 3.85. The highest BCUT2D eigenvalue weighted by atomic mass is 35.5. The van der Waals surface area contributed by atoms with E-state index in [0.717, 1.165) is 16.9 Å². The number of methoxy groups -OCH3 is 1. The van der Waals surface area contributed by atoms with Crippen molar-refractivity contribution in [2.45, 2.75) is 31.9 Å². The van der Waals surface area contributed by atoms with Gasteiger partial charge >= 0.3 is 0 Å². The summed E-state index contributed by atoms with van der Waals surface area (Å²) in [6, 6.07) is 5.75. The molecule has 0 radical (unpaired) electrons. The summed E-state index contributed by atoms with van der Waals surface area (Å²) in [6.45, 7) is 4.74. The number of fused-ring (bicyclic) bond motifs is 1. The molecule has 0 spiro atoms. The van der Waals surface area contributed by atoms with E-state index in [9.17, 15) is 0 Å². The maximum atomic E-state index is 6.15. The van der Waals surface area contributed by atoms with Crippen LogP contribution < -0.4 is 0 Å². The second-order valence-electron chi connectivity index (χ2n) is 4.82. The van der Waals surface area contributed by atoms with Gasteiger partial charge in [0.25, 0.3) is 0 Å². The van der Waals surface area contributed by atoms with Crippen LogP contribution in [0.3, 0.4) is 0 Å². The van der Waals surface area contributed by atoms with Crippen LogP contribution in [0, 0.1) is 0 Å². The number of benzene rings is 1. The molecule has 18 heavy (non-hydrogen) atoms. The van der Waals surface area contributed by atoms with Crippen LogP contribution in [0.5, 0.6) is 0 Å². The van der Waals surface area contributed by atoms with E-state index in [1.165, 1.54) is 0 Å². The van der Waals surface area contributed by atoms with Gasteiger partial charge < -0.3 is 9.30 Å². The molecule has 0 amide bonds. The Bertz CT molecular complexity index is 563. The van der Waals surface area contributed by atoms with Gasteiger partial charge in [0.05, 0.1) is 28.6 Å². The van der Waals surface area contributed by atoms with Gasteiger partial charge in [-0.1, -0.05) is 17.7 Å². The molecule has 98 valence electrons. The van der Waals surface area contributed by atoms with Crippen molar-refractivity contribution in [3.63, 3.8) is 0 Å². The third-order valence-corrected chi connectivity index (χ3v) is 3.56. The third kappa shape index (κ3) is 2.48. The van der Waals surface area contributed by atoms with Crippen LogP contribution in [0.25, 0.3) is 11.0 Å². The zero-order chi connectivity index (χ0) is 13.3. The number of hydrogen-bond acceptors (Lipinski definition) is 2. The Labute approximate surface area is 117 Å². The van der Waals surface area contributed by atoms with Crippen molar-refractivity contribution < 1.29 is 4.74 Å². The van der Waals surface area contributed by atoms with Gasteiger partial charge in [-0.25, -0.2) is 4.98 Å². The molecule has 2 rings (SSSR count). The maximum Gasteiger partial charge on any atom is 0.125 e. The Hall–Kier alpha value is -0.770. The van der Waals surface area contributed by atoms with Crippen LogP contribution in [0.2, 0.25) is 5.02 Å². The summed E-state index contributed by atoms with van der Waals surface area (Å²) < 4.78 is 7.53. The topological polar surface area (TPSA) is 27.1 Å². The number of hydrogen-bond donors (Lipinski definition) is 0. The molecular weight excluding hydrogens is 271 g/mol. The van der Waals surface area contributed by atoms with E-state index in [4.69, 9.17) is 27.9 Å². The highest BCUT2D eigenvalue weighted by Crippen LogP contribution is 2.26. The lowest BCUT2D eigenvalue weighted by Crippen LogP contribution is -2.29. The first-order valence-electron chi connectivity index (χ1n) is 5.73. The van der Waals surface area contributed by atoms with E-state index in [1.54, 1.807) is 7.11 Å². The molecule has 0 aliphatic carbocycles. The number of halogens is 2. The molecule has 0 aliphatic rings. The highest BCUT2D eigenvalue weighted by Gasteiger charge is 2.21. The average Bonchev–Trinajstić information content (AvgIpc) is 2.69. The van der Waals surface area contributed by atoms with Crippen LogP contribution in [0.15, 0.2) is 18.2 Å². The fourth-order valence-electron chi connectivity index (χ4n) is 1.88. The summed E-state index contributed by atoms with van der Waals surface area (Å²) in [7, 11) is 1.70. The van der Waals surface area contributed by atoms with Gasteiger partial charge in [0.15, 0.2) is 0 Å². The zero-order valence-electron chi connectivity index (χ0n) is 10.7. The molecular formula is C13H16Cl2N2O. The lowest BCUT2D eigenvalue weighted by Gasteiger charge is -2.24.